The van der Waals surface area contributed by atoms with Gasteiger partial charge in [-0.3, -0.25) is 19.2 Å². The molecule has 10 heteroatoms. The first-order valence-electron chi connectivity index (χ1n) is 11.0. The number of carboxylic acids is 1. The van der Waals surface area contributed by atoms with E-state index in [0.717, 1.165) is 0 Å². The number of amides is 2. The highest BCUT2D eigenvalue weighted by atomic mass is 32.2. The molecular weight excluding hydrogens is 460 g/mol. The third-order valence-electron chi connectivity index (χ3n) is 4.84. The minimum absolute atomic E-state index is 0.0589. The molecule has 0 spiro atoms. The number of carbonyl (C=O) groups excluding carboxylic acids is 3. The lowest BCUT2D eigenvalue weighted by molar-refractivity contribution is -0.140. The van der Waals surface area contributed by atoms with Crippen LogP contribution in [0.15, 0.2) is 18.2 Å². The second-order valence-corrected chi connectivity index (χ2v) is 11.0. The fourth-order valence-electron chi connectivity index (χ4n) is 3.02. The number of carboxylic acid groups (broad SMARTS) is 1. The maximum Gasteiger partial charge on any atom is 0.305 e. The molecule has 0 aromatic heterocycles. The number of nitrogens with one attached hydrogen (secondary N) is 2. The minimum Gasteiger partial charge on any atom is -0.497 e. The van der Waals surface area contributed by atoms with Gasteiger partial charge in [-0.2, -0.15) is 0 Å². The maximum atomic E-state index is 13.0. The molecule has 0 saturated heterocycles. The number of hydrogen-bond donors (Lipinski definition) is 3. The van der Waals surface area contributed by atoms with E-state index in [9.17, 15) is 24.3 Å². The molecule has 0 bridgehead atoms. The zero-order valence-corrected chi connectivity index (χ0v) is 21.7. The summed E-state index contributed by atoms with van der Waals surface area (Å²) < 4.78 is 10.3. The normalized spacial score (nSPS) is 13.1. The zero-order chi connectivity index (χ0) is 26.1. The van der Waals surface area contributed by atoms with Crippen LogP contribution in [0.4, 0.5) is 0 Å². The largest absolute Gasteiger partial charge is 0.497 e. The van der Waals surface area contributed by atoms with Gasteiger partial charge in [0.25, 0.3) is 0 Å². The standard InChI is InChI=1S/C24H36N2O7S/c1-14(2)22(26-20(28)11-15-10-16(32-6)8-9-19(15)33-7)23(31)25-17(12-21(29)30)18(27)13-34-24(3,4)5/h8-10,14,17,22H,11-13H2,1-7H3,(H,25,31)(H,26,28)(H,29,30). The van der Waals surface area contributed by atoms with Crippen LogP contribution in [0.5, 0.6) is 11.5 Å². The van der Waals surface area contributed by atoms with Crippen molar-refractivity contribution in [1.82, 2.24) is 10.6 Å². The molecule has 2 amide bonds. The number of ether oxygens (including phenoxy) is 2. The average Bonchev–Trinajstić information content (AvgIpc) is 2.74. The van der Waals surface area contributed by atoms with Crippen molar-refractivity contribution in [2.75, 3.05) is 20.0 Å². The molecule has 0 aliphatic heterocycles. The fraction of sp³-hybridized carbons (Fsp3) is 0.583. The molecule has 0 heterocycles. The molecule has 190 valence electrons. The van der Waals surface area contributed by atoms with Crippen molar-refractivity contribution in [2.45, 2.75) is 64.3 Å². The first-order chi connectivity index (χ1) is 15.8. The Morgan fingerprint density at radius 3 is 2.21 bits per heavy atom. The molecule has 1 rings (SSSR count). The van der Waals surface area contributed by atoms with E-state index in [1.807, 2.05) is 20.8 Å². The lowest BCUT2D eigenvalue weighted by Crippen LogP contribution is -2.54. The van der Waals surface area contributed by atoms with Gasteiger partial charge in [0, 0.05) is 10.3 Å². The summed E-state index contributed by atoms with van der Waals surface area (Å²) in [5, 5.41) is 14.5. The summed E-state index contributed by atoms with van der Waals surface area (Å²) in [6.07, 6.45) is -0.592. The fourth-order valence-corrected chi connectivity index (χ4v) is 3.80. The zero-order valence-electron chi connectivity index (χ0n) is 20.9. The number of thioether (sulfide) groups is 1. The Bertz CT molecular complexity index is 881. The van der Waals surface area contributed by atoms with Gasteiger partial charge in [0.05, 0.1) is 38.9 Å². The van der Waals surface area contributed by atoms with Gasteiger partial charge in [0.15, 0.2) is 5.78 Å². The van der Waals surface area contributed by atoms with Crippen LogP contribution in [0, 0.1) is 5.92 Å². The van der Waals surface area contributed by atoms with Crippen LogP contribution in [0.2, 0.25) is 0 Å². The minimum atomic E-state index is -1.20. The molecular formula is C24H36N2O7S. The van der Waals surface area contributed by atoms with E-state index in [4.69, 9.17) is 9.47 Å². The van der Waals surface area contributed by atoms with E-state index in [1.165, 1.54) is 26.0 Å². The number of carbonyl (C=O) groups is 4. The van der Waals surface area contributed by atoms with Gasteiger partial charge in [-0.15, -0.1) is 11.8 Å². The summed E-state index contributed by atoms with van der Waals surface area (Å²) in [7, 11) is 3.00. The average molecular weight is 497 g/mol. The summed E-state index contributed by atoms with van der Waals surface area (Å²) in [4.78, 5) is 49.7. The van der Waals surface area contributed by atoms with Crippen molar-refractivity contribution in [2.24, 2.45) is 5.92 Å². The molecule has 9 nitrogen and oxygen atoms in total. The van der Waals surface area contributed by atoms with E-state index in [1.54, 1.807) is 32.0 Å². The highest BCUT2D eigenvalue weighted by Crippen LogP contribution is 2.25. The van der Waals surface area contributed by atoms with Crippen LogP contribution < -0.4 is 20.1 Å². The smallest absolute Gasteiger partial charge is 0.305 e. The van der Waals surface area contributed by atoms with Crippen LogP contribution >= 0.6 is 11.8 Å². The van der Waals surface area contributed by atoms with Gasteiger partial charge in [-0.1, -0.05) is 34.6 Å². The highest BCUT2D eigenvalue weighted by Gasteiger charge is 2.30. The number of methoxy groups -OCH3 is 2. The van der Waals surface area contributed by atoms with Gasteiger partial charge >= 0.3 is 5.97 Å². The number of rotatable bonds is 13. The van der Waals surface area contributed by atoms with Gasteiger partial charge in [0.1, 0.15) is 17.5 Å². The molecule has 34 heavy (non-hydrogen) atoms. The Morgan fingerprint density at radius 1 is 1.06 bits per heavy atom. The molecule has 1 aromatic rings. The van der Waals surface area contributed by atoms with Crippen molar-refractivity contribution in [3.63, 3.8) is 0 Å². The predicted octanol–water partition coefficient (Wildman–Crippen LogP) is 2.45. The molecule has 0 saturated carbocycles. The van der Waals surface area contributed by atoms with Gasteiger partial charge in [-0.25, -0.2) is 0 Å². The predicted molar refractivity (Wildman–Crippen MR) is 131 cm³/mol. The van der Waals surface area contributed by atoms with E-state index in [0.29, 0.717) is 17.1 Å². The molecule has 3 N–H and O–H groups in total. The summed E-state index contributed by atoms with van der Waals surface area (Å²) in [6, 6.07) is 2.94. The van der Waals surface area contributed by atoms with Crippen molar-refractivity contribution in [3.8, 4) is 11.5 Å². The quantitative estimate of drug-likeness (QED) is 0.380. The van der Waals surface area contributed by atoms with Gasteiger partial charge in [-0.05, 0) is 24.1 Å². The number of Topliss-reactive ketones (excluding diaryl/α,β-unsaturated/α-hetero) is 1. The third-order valence-corrected chi connectivity index (χ3v) is 6.13. The van der Waals surface area contributed by atoms with Crippen LogP contribution in [0.25, 0.3) is 0 Å². The highest BCUT2D eigenvalue weighted by molar-refractivity contribution is 8.01. The summed E-state index contributed by atoms with van der Waals surface area (Å²) in [5.41, 5.74) is 0.584. The molecule has 0 aliphatic rings. The number of benzene rings is 1. The number of aliphatic carboxylic acids is 1. The van der Waals surface area contributed by atoms with Crippen molar-refractivity contribution < 1.29 is 33.8 Å². The number of ketones is 1. The Labute approximate surface area is 205 Å². The first kappa shape index (κ1) is 29.3. The summed E-state index contributed by atoms with van der Waals surface area (Å²) in [6.45, 7) is 9.33. The first-order valence-corrected chi connectivity index (χ1v) is 11.9. The van der Waals surface area contributed by atoms with Gasteiger partial charge < -0.3 is 25.2 Å². The Hall–Kier alpha value is -2.75. The van der Waals surface area contributed by atoms with E-state index in [-0.39, 0.29) is 28.6 Å². The second kappa shape index (κ2) is 13.2. The van der Waals surface area contributed by atoms with Crippen molar-refractivity contribution in [3.05, 3.63) is 23.8 Å². The van der Waals surface area contributed by atoms with Gasteiger partial charge in [0.2, 0.25) is 11.8 Å². The van der Waals surface area contributed by atoms with Crippen molar-refractivity contribution in [1.29, 1.82) is 0 Å². The third kappa shape index (κ3) is 10.0. The number of hydrogen-bond acceptors (Lipinski definition) is 7. The van der Waals surface area contributed by atoms with Crippen LogP contribution in [-0.2, 0) is 25.6 Å². The lowest BCUT2D eigenvalue weighted by Gasteiger charge is -2.25. The monoisotopic (exact) mass is 496 g/mol. The van der Waals surface area contributed by atoms with E-state index in [2.05, 4.69) is 10.6 Å². The molecule has 2 unspecified atom stereocenters. The molecule has 0 fully saturated rings. The Morgan fingerprint density at radius 2 is 1.71 bits per heavy atom. The summed E-state index contributed by atoms with van der Waals surface area (Å²) in [5.74, 6) is -1.79. The van der Waals surface area contributed by atoms with Crippen molar-refractivity contribution >= 4 is 35.3 Å². The Balaban J connectivity index is 2.95. The van der Waals surface area contributed by atoms with Crippen LogP contribution in [-0.4, -0.2) is 65.5 Å². The van der Waals surface area contributed by atoms with Crippen LogP contribution in [0.1, 0.15) is 46.6 Å². The SMILES string of the molecule is COc1ccc(OC)c(CC(=O)NC(C(=O)NC(CC(=O)O)C(=O)CSC(C)(C)C)C(C)C)c1. The summed E-state index contributed by atoms with van der Waals surface area (Å²) >= 11 is 1.37. The topological polar surface area (TPSA) is 131 Å². The maximum absolute atomic E-state index is 13.0. The van der Waals surface area contributed by atoms with E-state index >= 15 is 0 Å². The molecule has 2 atom stereocenters. The molecule has 1 aromatic carbocycles. The van der Waals surface area contributed by atoms with Crippen LogP contribution in [0.3, 0.4) is 0 Å². The van der Waals surface area contributed by atoms with E-state index < -0.39 is 36.3 Å². The molecule has 0 radical (unpaired) electrons. The Kier molecular flexibility index (Phi) is 11.4. The lowest BCUT2D eigenvalue weighted by atomic mass is 10.0. The second-order valence-electron chi connectivity index (χ2n) is 9.17. The molecule has 0 aliphatic carbocycles.